The monoisotopic (exact) mass is 207 g/mol. The molecule has 1 saturated carbocycles. The van der Waals surface area contributed by atoms with Crippen molar-refractivity contribution in [3.63, 3.8) is 0 Å². The summed E-state index contributed by atoms with van der Waals surface area (Å²) in [4.78, 5) is 4.35. The highest BCUT2D eigenvalue weighted by Gasteiger charge is 2.27. The minimum atomic E-state index is 0.353. The third kappa shape index (κ3) is 2.59. The maximum atomic E-state index is 4.35. The van der Waals surface area contributed by atoms with Gasteiger partial charge in [0.15, 0.2) is 0 Å². The minimum Gasteiger partial charge on any atom is -0.337 e. The van der Waals surface area contributed by atoms with E-state index in [1.165, 1.54) is 12.8 Å². The number of nitrogens with one attached hydrogen (secondary N) is 1. The van der Waals surface area contributed by atoms with Gasteiger partial charge in [-0.05, 0) is 38.1 Å². The lowest BCUT2D eigenvalue weighted by molar-refractivity contribution is 0.420. The molecule has 2 unspecified atom stereocenters. The molecule has 1 aromatic rings. The topological polar surface area (TPSA) is 29.9 Å². The summed E-state index contributed by atoms with van der Waals surface area (Å²) in [5.74, 6) is 2.91. The van der Waals surface area contributed by atoms with Gasteiger partial charge in [-0.1, -0.05) is 6.92 Å². The van der Waals surface area contributed by atoms with Crippen LogP contribution in [0.1, 0.15) is 38.6 Å². The normalized spacial score (nSPS) is 20.2. The zero-order chi connectivity index (χ0) is 10.8. The fourth-order valence-electron chi connectivity index (χ4n) is 2.08. The first-order valence-corrected chi connectivity index (χ1v) is 5.89. The van der Waals surface area contributed by atoms with Gasteiger partial charge in [0.2, 0.25) is 0 Å². The van der Waals surface area contributed by atoms with E-state index in [9.17, 15) is 0 Å². The second kappa shape index (κ2) is 4.35. The van der Waals surface area contributed by atoms with Gasteiger partial charge in [0.25, 0.3) is 0 Å². The number of hydrogen-bond donors (Lipinski definition) is 1. The van der Waals surface area contributed by atoms with E-state index in [0.717, 1.165) is 24.2 Å². The molecule has 3 nitrogen and oxygen atoms in total. The summed E-state index contributed by atoms with van der Waals surface area (Å²) in [6.07, 6.45) is 6.72. The van der Waals surface area contributed by atoms with E-state index in [-0.39, 0.29) is 0 Å². The van der Waals surface area contributed by atoms with Gasteiger partial charge in [0, 0.05) is 19.4 Å². The van der Waals surface area contributed by atoms with Crippen LogP contribution in [0.25, 0.3) is 0 Å². The zero-order valence-electron chi connectivity index (χ0n) is 9.90. The van der Waals surface area contributed by atoms with Gasteiger partial charge in [0.05, 0.1) is 6.04 Å². The molecule has 0 bridgehead atoms. The molecule has 0 amide bonds. The highest BCUT2D eigenvalue weighted by molar-refractivity contribution is 4.97. The molecule has 84 valence electrons. The summed E-state index contributed by atoms with van der Waals surface area (Å²) in [6, 6.07) is 0.353. The molecule has 0 spiro atoms. The van der Waals surface area contributed by atoms with Crippen LogP contribution in [0.2, 0.25) is 0 Å². The van der Waals surface area contributed by atoms with Crippen molar-refractivity contribution in [2.45, 2.75) is 32.7 Å². The van der Waals surface area contributed by atoms with Crippen LogP contribution < -0.4 is 5.32 Å². The molecule has 1 aromatic heterocycles. The predicted molar refractivity (Wildman–Crippen MR) is 61.5 cm³/mol. The molecule has 1 N–H and O–H groups in total. The number of rotatable bonds is 5. The highest BCUT2D eigenvalue weighted by Crippen LogP contribution is 2.36. The average Bonchev–Trinajstić information content (AvgIpc) is 2.98. The molecular weight excluding hydrogens is 186 g/mol. The van der Waals surface area contributed by atoms with Gasteiger partial charge in [-0.15, -0.1) is 0 Å². The Morgan fingerprint density at radius 1 is 1.53 bits per heavy atom. The van der Waals surface area contributed by atoms with Crippen molar-refractivity contribution in [1.29, 1.82) is 0 Å². The van der Waals surface area contributed by atoms with Crippen LogP contribution in [0.4, 0.5) is 0 Å². The molecule has 15 heavy (non-hydrogen) atoms. The maximum absolute atomic E-state index is 4.35. The van der Waals surface area contributed by atoms with Gasteiger partial charge in [-0.2, -0.15) is 0 Å². The summed E-state index contributed by atoms with van der Waals surface area (Å²) in [6.45, 7) is 5.64. The number of imidazole rings is 1. The largest absolute Gasteiger partial charge is 0.337 e. The number of hydrogen-bond acceptors (Lipinski definition) is 2. The Bertz CT molecular complexity index is 314. The highest BCUT2D eigenvalue weighted by atomic mass is 15.1. The lowest BCUT2D eigenvalue weighted by Gasteiger charge is -2.17. The van der Waals surface area contributed by atoms with E-state index in [1.807, 2.05) is 19.4 Å². The van der Waals surface area contributed by atoms with E-state index < -0.39 is 0 Å². The van der Waals surface area contributed by atoms with Gasteiger partial charge in [-0.25, -0.2) is 4.98 Å². The molecule has 3 heteroatoms. The number of nitrogens with zero attached hydrogens (tertiary/aromatic N) is 2. The SMILES string of the molecule is CC(NCC(C)C1CC1)c1nccn1C. The second-order valence-electron chi connectivity index (χ2n) is 4.84. The third-order valence-corrected chi connectivity index (χ3v) is 3.42. The van der Waals surface area contributed by atoms with Crippen molar-refractivity contribution in [2.75, 3.05) is 6.54 Å². The van der Waals surface area contributed by atoms with E-state index in [4.69, 9.17) is 0 Å². The summed E-state index contributed by atoms with van der Waals surface area (Å²) < 4.78 is 2.08. The first-order chi connectivity index (χ1) is 7.18. The molecule has 2 atom stereocenters. The van der Waals surface area contributed by atoms with Crippen LogP contribution in [0, 0.1) is 11.8 Å². The van der Waals surface area contributed by atoms with Crippen molar-refractivity contribution in [3.05, 3.63) is 18.2 Å². The first-order valence-electron chi connectivity index (χ1n) is 5.89. The zero-order valence-corrected chi connectivity index (χ0v) is 9.90. The van der Waals surface area contributed by atoms with Crippen LogP contribution in [0.5, 0.6) is 0 Å². The van der Waals surface area contributed by atoms with E-state index in [2.05, 4.69) is 28.7 Å². The molecule has 1 aliphatic carbocycles. The van der Waals surface area contributed by atoms with Crippen LogP contribution in [-0.4, -0.2) is 16.1 Å². The molecule has 0 aliphatic heterocycles. The molecule has 0 saturated heterocycles. The molecule has 1 aliphatic rings. The van der Waals surface area contributed by atoms with Gasteiger partial charge in [0.1, 0.15) is 5.82 Å². The molecule has 0 radical (unpaired) electrons. The smallest absolute Gasteiger partial charge is 0.125 e. The molecule has 1 heterocycles. The van der Waals surface area contributed by atoms with Crippen LogP contribution in [-0.2, 0) is 7.05 Å². The second-order valence-corrected chi connectivity index (χ2v) is 4.84. The number of aromatic nitrogens is 2. The average molecular weight is 207 g/mol. The van der Waals surface area contributed by atoms with Crippen molar-refractivity contribution in [1.82, 2.24) is 14.9 Å². The molecule has 1 fully saturated rings. The summed E-state index contributed by atoms with van der Waals surface area (Å²) in [5.41, 5.74) is 0. The maximum Gasteiger partial charge on any atom is 0.125 e. The third-order valence-electron chi connectivity index (χ3n) is 3.42. The van der Waals surface area contributed by atoms with E-state index in [0.29, 0.717) is 6.04 Å². The lowest BCUT2D eigenvalue weighted by Crippen LogP contribution is -2.27. The molecule has 0 aromatic carbocycles. The first kappa shape index (κ1) is 10.7. The fourth-order valence-corrected chi connectivity index (χ4v) is 2.08. The Kier molecular flexibility index (Phi) is 3.10. The van der Waals surface area contributed by atoms with Gasteiger partial charge < -0.3 is 9.88 Å². The van der Waals surface area contributed by atoms with Gasteiger partial charge >= 0.3 is 0 Å². The minimum absolute atomic E-state index is 0.353. The Morgan fingerprint density at radius 2 is 2.27 bits per heavy atom. The summed E-state index contributed by atoms with van der Waals surface area (Å²) in [7, 11) is 2.05. The van der Waals surface area contributed by atoms with E-state index in [1.54, 1.807) is 0 Å². The standard InChI is InChI=1S/C12H21N3/c1-9(11-4-5-11)8-14-10(2)12-13-6-7-15(12)3/h6-7,9-11,14H,4-5,8H2,1-3H3. The van der Waals surface area contributed by atoms with Crippen LogP contribution >= 0.6 is 0 Å². The number of aryl methyl sites for hydroxylation is 1. The van der Waals surface area contributed by atoms with Crippen LogP contribution in [0.15, 0.2) is 12.4 Å². The van der Waals surface area contributed by atoms with Crippen molar-refractivity contribution in [2.24, 2.45) is 18.9 Å². The van der Waals surface area contributed by atoms with Crippen molar-refractivity contribution in [3.8, 4) is 0 Å². The quantitative estimate of drug-likeness (QED) is 0.801. The summed E-state index contributed by atoms with van der Waals surface area (Å²) in [5, 5.41) is 3.56. The Labute approximate surface area is 91.9 Å². The van der Waals surface area contributed by atoms with Crippen molar-refractivity contribution < 1.29 is 0 Å². The Balaban J connectivity index is 1.81. The van der Waals surface area contributed by atoms with E-state index >= 15 is 0 Å². The van der Waals surface area contributed by atoms with Crippen molar-refractivity contribution >= 4 is 0 Å². The predicted octanol–water partition coefficient (Wildman–Crippen LogP) is 2.12. The van der Waals surface area contributed by atoms with Gasteiger partial charge in [-0.3, -0.25) is 0 Å². The Hall–Kier alpha value is -0.830. The Morgan fingerprint density at radius 3 is 2.80 bits per heavy atom. The lowest BCUT2D eigenvalue weighted by atomic mass is 10.1. The molecule has 2 rings (SSSR count). The van der Waals surface area contributed by atoms with Crippen LogP contribution in [0.3, 0.4) is 0 Å². The molecular formula is C12H21N3. The summed E-state index contributed by atoms with van der Waals surface area (Å²) >= 11 is 0. The fraction of sp³-hybridized carbons (Fsp3) is 0.750.